The van der Waals surface area contributed by atoms with Crippen molar-refractivity contribution in [2.24, 2.45) is 11.7 Å². The first-order valence-electron chi connectivity index (χ1n) is 10.2. The molecule has 12 heteroatoms. The fourth-order valence-electron chi connectivity index (χ4n) is 3.86. The van der Waals surface area contributed by atoms with Gasteiger partial charge in [-0.05, 0) is 35.9 Å². The highest BCUT2D eigenvalue weighted by Crippen LogP contribution is 2.51. The number of hydrogen-bond donors (Lipinski definition) is 1. The minimum absolute atomic E-state index is 0.0580. The monoisotopic (exact) mass is 502 g/mol. The number of carbonyl (C=O) groups is 2. The number of nitrogens with zero attached hydrogens (tertiary/aromatic N) is 1. The van der Waals surface area contributed by atoms with Crippen LogP contribution in [0.3, 0.4) is 0 Å². The zero-order valence-electron chi connectivity index (χ0n) is 17.5. The highest BCUT2D eigenvalue weighted by atomic mass is 32.2. The van der Waals surface area contributed by atoms with Gasteiger partial charge in [0.15, 0.2) is 15.6 Å². The Balaban J connectivity index is 1.72. The minimum atomic E-state index is -4.56. The molecular weight excluding hydrogens is 483 g/mol. The van der Waals surface area contributed by atoms with Crippen LogP contribution in [0.25, 0.3) is 0 Å². The normalized spacial score (nSPS) is 23.2. The molecule has 2 aliphatic rings. The number of amides is 1. The summed E-state index contributed by atoms with van der Waals surface area (Å²) >= 11 is 0. The number of fused-ring (bicyclic) bond motifs is 1. The molecule has 0 spiro atoms. The topological polar surface area (TPSA) is 97.5 Å². The van der Waals surface area contributed by atoms with Gasteiger partial charge in [0.05, 0.1) is 34.5 Å². The van der Waals surface area contributed by atoms with E-state index in [9.17, 15) is 40.0 Å². The van der Waals surface area contributed by atoms with Gasteiger partial charge in [0.25, 0.3) is 5.92 Å². The van der Waals surface area contributed by atoms with E-state index in [4.69, 9.17) is 5.73 Å². The third-order valence-electron chi connectivity index (χ3n) is 5.90. The van der Waals surface area contributed by atoms with E-state index in [2.05, 4.69) is 0 Å². The fraction of sp³-hybridized carbons (Fsp3) is 0.364. The Hall–Kier alpha value is -2.86. The van der Waals surface area contributed by atoms with Crippen molar-refractivity contribution in [3.8, 4) is 0 Å². The van der Waals surface area contributed by atoms with Gasteiger partial charge in [-0.2, -0.15) is 13.2 Å². The Morgan fingerprint density at radius 3 is 2.29 bits per heavy atom. The molecule has 34 heavy (non-hydrogen) atoms. The van der Waals surface area contributed by atoms with Gasteiger partial charge in [0, 0.05) is 24.3 Å². The van der Waals surface area contributed by atoms with Gasteiger partial charge >= 0.3 is 6.18 Å². The lowest BCUT2D eigenvalue weighted by molar-refractivity contribution is -0.137. The molecule has 2 aromatic rings. The molecule has 0 aromatic heterocycles. The van der Waals surface area contributed by atoms with E-state index >= 15 is 0 Å². The van der Waals surface area contributed by atoms with Gasteiger partial charge < -0.3 is 10.6 Å². The van der Waals surface area contributed by atoms with Crippen LogP contribution in [0.4, 0.5) is 27.6 Å². The van der Waals surface area contributed by atoms with Crippen LogP contribution in [0.1, 0.15) is 34.3 Å². The summed E-state index contributed by atoms with van der Waals surface area (Å²) in [6.45, 7) is -0.314. The van der Waals surface area contributed by atoms with Crippen molar-refractivity contribution in [2.75, 3.05) is 10.7 Å². The van der Waals surface area contributed by atoms with E-state index < -0.39 is 69.7 Å². The van der Waals surface area contributed by atoms with Crippen molar-refractivity contribution in [3.05, 3.63) is 59.2 Å². The first-order chi connectivity index (χ1) is 15.7. The van der Waals surface area contributed by atoms with Gasteiger partial charge in [-0.1, -0.05) is 12.1 Å². The van der Waals surface area contributed by atoms with Crippen LogP contribution in [0.2, 0.25) is 0 Å². The maximum atomic E-state index is 13.2. The molecule has 0 unspecified atom stereocenters. The Labute approximate surface area is 191 Å². The maximum absolute atomic E-state index is 13.2. The van der Waals surface area contributed by atoms with Crippen LogP contribution >= 0.6 is 0 Å². The lowest BCUT2D eigenvalue weighted by Gasteiger charge is -2.25. The van der Waals surface area contributed by atoms with E-state index in [1.807, 2.05) is 0 Å². The number of ketones is 1. The van der Waals surface area contributed by atoms with E-state index in [1.54, 1.807) is 0 Å². The quantitative estimate of drug-likeness (QED) is 0.498. The van der Waals surface area contributed by atoms with Gasteiger partial charge in [0.2, 0.25) is 5.91 Å². The molecular formula is C22H19F5N2O4S. The second-order valence-electron chi connectivity index (χ2n) is 8.48. The summed E-state index contributed by atoms with van der Waals surface area (Å²) in [4.78, 5) is 26.2. The van der Waals surface area contributed by atoms with Gasteiger partial charge in [0.1, 0.15) is 0 Å². The third kappa shape index (κ3) is 4.69. The first-order valence-corrected chi connectivity index (χ1v) is 11.9. The number of nitrogens with two attached hydrogens (primary N) is 1. The average molecular weight is 502 g/mol. The standard InChI is InChI=1S/C22H19F5N2O4S/c23-21(24)9-15(21)8-18(30)13-3-6-19-17(7-13)29(20(31)16(28)11-34(19,32)33)10-12-1-4-14(5-2-12)22(25,26)27/h1-7,15-16H,8-11,28H2/t15-,16+/m1/s1. The molecule has 2 N–H and O–H groups in total. The summed E-state index contributed by atoms with van der Waals surface area (Å²) in [5.41, 5.74) is 4.92. The molecule has 2 aromatic carbocycles. The molecule has 0 radical (unpaired) electrons. The van der Waals surface area contributed by atoms with Crippen molar-refractivity contribution in [2.45, 2.75) is 42.4 Å². The molecule has 1 saturated carbocycles. The summed E-state index contributed by atoms with van der Waals surface area (Å²) in [6.07, 6.45) is -5.41. The van der Waals surface area contributed by atoms with Crippen molar-refractivity contribution >= 4 is 27.2 Å². The van der Waals surface area contributed by atoms with Crippen LogP contribution in [0.15, 0.2) is 47.4 Å². The van der Waals surface area contributed by atoms with Gasteiger partial charge in [-0.15, -0.1) is 0 Å². The zero-order chi connectivity index (χ0) is 25.1. The third-order valence-corrected chi connectivity index (χ3v) is 7.71. The molecule has 1 aliphatic heterocycles. The minimum Gasteiger partial charge on any atom is -0.319 e. The van der Waals surface area contributed by atoms with E-state index in [0.29, 0.717) is 0 Å². The molecule has 2 atom stereocenters. The van der Waals surface area contributed by atoms with Crippen LogP contribution in [0.5, 0.6) is 0 Å². The predicted octanol–water partition coefficient (Wildman–Crippen LogP) is 3.58. The highest BCUT2D eigenvalue weighted by Gasteiger charge is 2.57. The molecule has 4 rings (SSSR count). The van der Waals surface area contributed by atoms with E-state index in [0.717, 1.165) is 41.3 Å². The largest absolute Gasteiger partial charge is 0.416 e. The van der Waals surface area contributed by atoms with E-state index in [-0.39, 0.29) is 28.3 Å². The number of anilines is 1. The van der Waals surface area contributed by atoms with Crippen molar-refractivity contribution in [1.82, 2.24) is 0 Å². The number of halogens is 5. The average Bonchev–Trinajstić information content (AvgIpc) is 3.36. The molecule has 1 aliphatic carbocycles. The van der Waals surface area contributed by atoms with E-state index in [1.165, 1.54) is 6.07 Å². The predicted molar refractivity (Wildman–Crippen MR) is 111 cm³/mol. The number of Topliss-reactive ketones (excluding diaryl/α,β-unsaturated/α-hetero) is 1. The molecule has 182 valence electrons. The Bertz CT molecular complexity index is 1260. The first kappa shape index (κ1) is 24.3. The SMILES string of the molecule is N[C@H]1CS(=O)(=O)c2ccc(C(=O)C[C@@H]3CC3(F)F)cc2N(Cc2ccc(C(F)(F)F)cc2)C1=O. The van der Waals surface area contributed by atoms with Gasteiger partial charge in [-0.3, -0.25) is 9.59 Å². The summed E-state index contributed by atoms with van der Waals surface area (Å²) < 4.78 is 90.6. The molecule has 0 bridgehead atoms. The maximum Gasteiger partial charge on any atom is 0.416 e. The van der Waals surface area contributed by atoms with Crippen LogP contribution < -0.4 is 10.6 Å². The van der Waals surface area contributed by atoms with Crippen molar-refractivity contribution < 1.29 is 40.0 Å². The number of alkyl halides is 5. The van der Waals surface area contributed by atoms with Crippen LogP contribution in [-0.4, -0.2) is 37.8 Å². The Morgan fingerprint density at radius 2 is 1.74 bits per heavy atom. The molecule has 1 amide bonds. The van der Waals surface area contributed by atoms with Crippen LogP contribution in [-0.2, 0) is 27.4 Å². The number of rotatable bonds is 5. The summed E-state index contributed by atoms with van der Waals surface area (Å²) in [5.74, 6) is -6.16. The number of benzene rings is 2. The lowest BCUT2D eigenvalue weighted by Crippen LogP contribution is -2.45. The Kier molecular flexibility index (Phi) is 5.80. The van der Waals surface area contributed by atoms with Gasteiger partial charge in [-0.25, -0.2) is 17.2 Å². The summed E-state index contributed by atoms with van der Waals surface area (Å²) in [5, 5.41) is 0. The molecule has 0 saturated heterocycles. The lowest BCUT2D eigenvalue weighted by atomic mass is 10.0. The van der Waals surface area contributed by atoms with Crippen molar-refractivity contribution in [3.63, 3.8) is 0 Å². The smallest absolute Gasteiger partial charge is 0.319 e. The Morgan fingerprint density at radius 1 is 1.12 bits per heavy atom. The second-order valence-corrected chi connectivity index (χ2v) is 10.5. The fourth-order valence-corrected chi connectivity index (χ4v) is 5.42. The molecule has 6 nitrogen and oxygen atoms in total. The van der Waals surface area contributed by atoms with Crippen LogP contribution in [0, 0.1) is 5.92 Å². The highest BCUT2D eigenvalue weighted by molar-refractivity contribution is 7.91. The number of carbonyl (C=O) groups excluding carboxylic acids is 2. The molecule has 1 fully saturated rings. The summed E-state index contributed by atoms with van der Waals surface area (Å²) in [6, 6.07) is 5.93. The second kappa shape index (κ2) is 8.12. The number of sulfone groups is 1. The summed E-state index contributed by atoms with van der Waals surface area (Å²) in [7, 11) is -4.05. The molecule has 1 heterocycles. The van der Waals surface area contributed by atoms with Crippen molar-refractivity contribution in [1.29, 1.82) is 0 Å². The number of hydrogen-bond acceptors (Lipinski definition) is 5. The zero-order valence-corrected chi connectivity index (χ0v) is 18.3.